The van der Waals surface area contributed by atoms with Gasteiger partial charge in [-0.05, 0) is 62.1 Å². The van der Waals surface area contributed by atoms with E-state index >= 15 is 0 Å². The van der Waals surface area contributed by atoms with E-state index in [0.717, 1.165) is 17.7 Å². The maximum atomic E-state index is 13.0. The lowest BCUT2D eigenvalue weighted by Crippen LogP contribution is -2.61. The fourth-order valence-corrected chi connectivity index (χ4v) is 4.65. The first-order valence-corrected chi connectivity index (χ1v) is 11.0. The van der Waals surface area contributed by atoms with Gasteiger partial charge in [-0.3, -0.25) is 14.4 Å². The number of halogens is 1. The normalized spacial score (nSPS) is 17.9. The third-order valence-electron chi connectivity index (χ3n) is 5.52. The van der Waals surface area contributed by atoms with Crippen LogP contribution in [0.15, 0.2) is 30.3 Å². The largest absolute Gasteiger partial charge is 0.370 e. The van der Waals surface area contributed by atoms with Crippen LogP contribution >= 0.6 is 22.9 Å². The lowest BCUT2D eigenvalue weighted by Gasteiger charge is -2.40. The average molecular weight is 448 g/mol. The molecule has 0 unspecified atom stereocenters. The molecule has 0 bridgehead atoms. The highest BCUT2D eigenvalue weighted by Crippen LogP contribution is 2.35. The maximum absolute atomic E-state index is 13.0. The standard InChI is InChI=1S/C21H22ClN3O4S/c1-13-11-14(3-4-15(13)25-9-10-29-12-18(25)26)23-20(28)21(7-2-8-21)24-19(27)16-5-6-17(22)30-16/h3-6,11H,2,7-10,12H2,1H3,(H,23,28)(H,24,27). The van der Waals surface area contributed by atoms with E-state index < -0.39 is 5.54 Å². The Hall–Kier alpha value is -2.42. The number of rotatable bonds is 5. The number of hydrogen-bond donors (Lipinski definition) is 2. The third kappa shape index (κ3) is 4.08. The molecule has 0 atom stereocenters. The number of amides is 3. The van der Waals surface area contributed by atoms with Crippen molar-refractivity contribution < 1.29 is 19.1 Å². The fraction of sp³-hybridized carbons (Fsp3) is 0.381. The molecule has 1 saturated heterocycles. The van der Waals surface area contributed by atoms with E-state index in [4.69, 9.17) is 16.3 Å². The molecule has 2 heterocycles. The molecule has 1 aromatic heterocycles. The number of nitrogens with zero attached hydrogens (tertiary/aromatic N) is 1. The summed E-state index contributed by atoms with van der Waals surface area (Å²) in [6.07, 6.45) is 2.04. The lowest BCUT2D eigenvalue weighted by atomic mass is 9.75. The number of benzene rings is 1. The highest BCUT2D eigenvalue weighted by Gasteiger charge is 2.45. The molecular formula is C21H22ClN3O4S. The van der Waals surface area contributed by atoms with E-state index in [9.17, 15) is 14.4 Å². The highest BCUT2D eigenvalue weighted by atomic mass is 35.5. The van der Waals surface area contributed by atoms with Gasteiger partial charge in [0, 0.05) is 17.9 Å². The summed E-state index contributed by atoms with van der Waals surface area (Å²) >= 11 is 7.10. The second-order valence-electron chi connectivity index (χ2n) is 7.55. The van der Waals surface area contributed by atoms with Crippen molar-refractivity contribution in [2.24, 2.45) is 0 Å². The zero-order chi connectivity index (χ0) is 21.3. The first kappa shape index (κ1) is 20.8. The molecule has 3 amide bonds. The molecule has 2 fully saturated rings. The van der Waals surface area contributed by atoms with Crippen molar-refractivity contribution in [3.63, 3.8) is 0 Å². The van der Waals surface area contributed by atoms with Gasteiger partial charge < -0.3 is 20.3 Å². The van der Waals surface area contributed by atoms with Crippen LogP contribution in [-0.4, -0.2) is 43.0 Å². The minimum atomic E-state index is -0.916. The zero-order valence-corrected chi connectivity index (χ0v) is 18.1. The summed E-state index contributed by atoms with van der Waals surface area (Å²) in [5, 5.41) is 5.82. The number of aryl methyl sites for hydroxylation is 1. The van der Waals surface area contributed by atoms with Crippen LogP contribution in [0.5, 0.6) is 0 Å². The van der Waals surface area contributed by atoms with Crippen molar-refractivity contribution in [2.75, 3.05) is 30.0 Å². The van der Waals surface area contributed by atoms with Crippen LogP contribution in [0.4, 0.5) is 11.4 Å². The van der Waals surface area contributed by atoms with Crippen LogP contribution in [0.3, 0.4) is 0 Å². The Bertz CT molecular complexity index is 1000. The van der Waals surface area contributed by atoms with Gasteiger partial charge in [-0.25, -0.2) is 0 Å². The van der Waals surface area contributed by atoms with Gasteiger partial charge in [-0.2, -0.15) is 0 Å². The summed E-state index contributed by atoms with van der Waals surface area (Å²) < 4.78 is 5.71. The van der Waals surface area contributed by atoms with Crippen molar-refractivity contribution in [1.29, 1.82) is 0 Å². The first-order valence-electron chi connectivity index (χ1n) is 9.76. The molecule has 1 aliphatic carbocycles. The Balaban J connectivity index is 1.46. The number of thiophene rings is 1. The van der Waals surface area contributed by atoms with E-state index in [1.165, 1.54) is 11.3 Å². The SMILES string of the molecule is Cc1cc(NC(=O)C2(NC(=O)c3ccc(Cl)s3)CCC2)ccc1N1CCOCC1=O. The molecule has 0 radical (unpaired) electrons. The van der Waals surface area contributed by atoms with Crippen LogP contribution in [-0.2, 0) is 14.3 Å². The monoisotopic (exact) mass is 447 g/mol. The molecule has 7 nitrogen and oxygen atoms in total. The summed E-state index contributed by atoms with van der Waals surface area (Å²) in [4.78, 5) is 39.8. The first-order chi connectivity index (χ1) is 14.4. The number of hydrogen-bond acceptors (Lipinski definition) is 5. The highest BCUT2D eigenvalue weighted by molar-refractivity contribution is 7.18. The second-order valence-corrected chi connectivity index (χ2v) is 9.26. The van der Waals surface area contributed by atoms with Gasteiger partial charge in [0.05, 0.1) is 15.8 Å². The second kappa shape index (κ2) is 8.37. The van der Waals surface area contributed by atoms with Crippen molar-refractivity contribution in [3.8, 4) is 0 Å². The third-order valence-corrected chi connectivity index (χ3v) is 6.75. The van der Waals surface area contributed by atoms with Gasteiger partial charge in [0.1, 0.15) is 12.1 Å². The summed E-state index contributed by atoms with van der Waals surface area (Å²) in [7, 11) is 0. The zero-order valence-electron chi connectivity index (χ0n) is 16.5. The van der Waals surface area contributed by atoms with Crippen molar-refractivity contribution in [1.82, 2.24) is 5.32 Å². The Morgan fingerprint density at radius 2 is 2.03 bits per heavy atom. The van der Waals surface area contributed by atoms with Crippen molar-refractivity contribution in [2.45, 2.75) is 31.7 Å². The molecule has 4 rings (SSSR count). The minimum absolute atomic E-state index is 0.0778. The molecule has 158 valence electrons. The Kier molecular flexibility index (Phi) is 5.81. The van der Waals surface area contributed by atoms with E-state index in [2.05, 4.69) is 10.6 Å². The summed E-state index contributed by atoms with van der Waals surface area (Å²) in [5.41, 5.74) is 1.40. The predicted molar refractivity (Wildman–Crippen MR) is 116 cm³/mol. The van der Waals surface area contributed by atoms with E-state index in [1.54, 1.807) is 23.1 Å². The molecule has 1 saturated carbocycles. The van der Waals surface area contributed by atoms with Crippen LogP contribution in [0.1, 0.15) is 34.5 Å². The fourth-order valence-electron chi connectivity index (χ4n) is 3.71. The van der Waals surface area contributed by atoms with E-state index in [1.807, 2.05) is 19.1 Å². The summed E-state index contributed by atoms with van der Waals surface area (Å²) in [5.74, 6) is -0.607. The smallest absolute Gasteiger partial charge is 0.262 e. The number of nitrogens with one attached hydrogen (secondary N) is 2. The maximum Gasteiger partial charge on any atom is 0.262 e. The number of anilines is 2. The minimum Gasteiger partial charge on any atom is -0.370 e. The van der Waals surface area contributed by atoms with Crippen LogP contribution in [0.25, 0.3) is 0 Å². The quantitative estimate of drug-likeness (QED) is 0.735. The van der Waals surface area contributed by atoms with Crippen LogP contribution in [0, 0.1) is 6.92 Å². The van der Waals surface area contributed by atoms with Gasteiger partial charge in [0.15, 0.2) is 0 Å². The van der Waals surface area contributed by atoms with Crippen LogP contribution in [0.2, 0.25) is 4.34 Å². The van der Waals surface area contributed by atoms with Crippen LogP contribution < -0.4 is 15.5 Å². The molecule has 0 spiro atoms. The van der Waals surface area contributed by atoms with E-state index in [-0.39, 0.29) is 24.3 Å². The van der Waals surface area contributed by atoms with Gasteiger partial charge in [0.25, 0.3) is 11.8 Å². The van der Waals surface area contributed by atoms with Gasteiger partial charge >= 0.3 is 0 Å². The van der Waals surface area contributed by atoms with E-state index in [0.29, 0.717) is 40.9 Å². The average Bonchev–Trinajstić information content (AvgIpc) is 3.12. The van der Waals surface area contributed by atoms with Crippen molar-refractivity contribution >= 4 is 52.0 Å². The number of morpholine rings is 1. The summed E-state index contributed by atoms with van der Waals surface area (Å²) in [6, 6.07) is 8.76. The van der Waals surface area contributed by atoms with Crippen molar-refractivity contribution in [3.05, 3.63) is 45.1 Å². The lowest BCUT2D eigenvalue weighted by molar-refractivity contribution is -0.126. The topological polar surface area (TPSA) is 87.7 Å². The number of ether oxygens (including phenoxy) is 1. The van der Waals surface area contributed by atoms with Gasteiger partial charge in [-0.15, -0.1) is 11.3 Å². The molecule has 2 aliphatic rings. The Morgan fingerprint density at radius 1 is 1.23 bits per heavy atom. The summed E-state index contributed by atoms with van der Waals surface area (Å²) in [6.45, 7) is 2.99. The molecule has 1 aliphatic heterocycles. The Labute approximate surface area is 183 Å². The molecule has 1 aromatic carbocycles. The molecule has 2 N–H and O–H groups in total. The van der Waals surface area contributed by atoms with Gasteiger partial charge in [0.2, 0.25) is 5.91 Å². The molecule has 9 heteroatoms. The van der Waals surface area contributed by atoms with Gasteiger partial charge in [-0.1, -0.05) is 11.6 Å². The Morgan fingerprint density at radius 3 is 2.63 bits per heavy atom. The predicted octanol–water partition coefficient (Wildman–Crippen LogP) is 3.36. The molecule has 30 heavy (non-hydrogen) atoms. The number of carbonyl (C=O) groups is 3. The molecule has 2 aromatic rings. The number of carbonyl (C=O) groups excluding carboxylic acids is 3. The molecular weight excluding hydrogens is 426 g/mol.